The molecule has 0 spiro atoms. The summed E-state index contributed by atoms with van der Waals surface area (Å²) < 4.78 is 7.24. The molecule has 22 heavy (non-hydrogen) atoms. The Kier molecular flexibility index (Phi) is 3.42. The average Bonchev–Trinajstić information content (AvgIpc) is 3.03. The number of rotatable bonds is 1. The van der Waals surface area contributed by atoms with E-state index in [0.717, 1.165) is 17.6 Å². The Morgan fingerprint density at radius 2 is 2.18 bits per heavy atom. The van der Waals surface area contributed by atoms with Crippen LogP contribution in [0.25, 0.3) is 5.52 Å². The van der Waals surface area contributed by atoms with E-state index in [4.69, 9.17) is 10.5 Å². The van der Waals surface area contributed by atoms with Gasteiger partial charge in [0.05, 0.1) is 0 Å². The van der Waals surface area contributed by atoms with Gasteiger partial charge in [-0.25, -0.2) is 14.3 Å². The number of fused-ring (bicyclic) bond motifs is 1. The minimum Gasteiger partial charge on any atom is -0.444 e. The highest BCUT2D eigenvalue weighted by atomic mass is 16.6. The van der Waals surface area contributed by atoms with Crippen LogP contribution in [0.2, 0.25) is 0 Å². The molecule has 0 bridgehead atoms. The van der Waals surface area contributed by atoms with Crippen LogP contribution in [0.15, 0.2) is 18.5 Å². The van der Waals surface area contributed by atoms with Gasteiger partial charge in [0.1, 0.15) is 17.4 Å². The highest BCUT2D eigenvalue weighted by molar-refractivity contribution is 5.69. The minimum absolute atomic E-state index is 0.226. The van der Waals surface area contributed by atoms with Gasteiger partial charge in [0, 0.05) is 24.7 Å². The number of anilines is 1. The molecule has 1 amide bonds. The first-order chi connectivity index (χ1) is 10.3. The summed E-state index contributed by atoms with van der Waals surface area (Å²) in [6.45, 7) is 6.94. The molecule has 7 heteroatoms. The molecule has 2 N–H and O–H groups in total. The lowest BCUT2D eigenvalue weighted by atomic mass is 10.1. The average molecular weight is 303 g/mol. The Hall–Kier alpha value is -2.31. The monoisotopic (exact) mass is 303 g/mol. The van der Waals surface area contributed by atoms with Gasteiger partial charge in [-0.3, -0.25) is 0 Å². The van der Waals surface area contributed by atoms with Gasteiger partial charge in [-0.2, -0.15) is 5.10 Å². The van der Waals surface area contributed by atoms with Crippen LogP contribution >= 0.6 is 0 Å². The van der Waals surface area contributed by atoms with Gasteiger partial charge in [0.25, 0.3) is 0 Å². The van der Waals surface area contributed by atoms with Crippen LogP contribution in [-0.2, 0) is 4.74 Å². The molecule has 0 radical (unpaired) electrons. The van der Waals surface area contributed by atoms with Gasteiger partial charge >= 0.3 is 6.09 Å². The van der Waals surface area contributed by atoms with E-state index in [1.807, 2.05) is 37.4 Å². The second kappa shape index (κ2) is 5.15. The molecule has 0 aliphatic carbocycles. The van der Waals surface area contributed by atoms with Crippen molar-refractivity contribution < 1.29 is 9.53 Å². The zero-order valence-corrected chi connectivity index (χ0v) is 13.1. The Balaban J connectivity index is 1.77. The number of carbonyl (C=O) groups excluding carboxylic acids is 1. The van der Waals surface area contributed by atoms with Crippen LogP contribution < -0.4 is 5.73 Å². The highest BCUT2D eigenvalue weighted by Crippen LogP contribution is 2.29. The first-order valence-corrected chi connectivity index (χ1v) is 7.41. The second-order valence-corrected chi connectivity index (χ2v) is 6.61. The van der Waals surface area contributed by atoms with E-state index in [2.05, 4.69) is 10.1 Å². The summed E-state index contributed by atoms with van der Waals surface area (Å²) in [7, 11) is 0. The molecule has 0 saturated carbocycles. The molecule has 2 aromatic heterocycles. The molecule has 0 aromatic carbocycles. The molecule has 1 atom stereocenters. The van der Waals surface area contributed by atoms with Crippen LogP contribution in [0, 0.1) is 0 Å². The van der Waals surface area contributed by atoms with Crippen LogP contribution in [0.1, 0.15) is 38.8 Å². The third-order valence-corrected chi connectivity index (χ3v) is 3.77. The summed E-state index contributed by atoms with van der Waals surface area (Å²) in [5.41, 5.74) is 7.23. The number of likely N-dealkylation sites (tertiary alicyclic amines) is 1. The van der Waals surface area contributed by atoms with E-state index in [0.29, 0.717) is 18.9 Å². The molecule has 2 aromatic rings. The van der Waals surface area contributed by atoms with Crippen molar-refractivity contribution in [3.05, 3.63) is 24.2 Å². The number of hydrogen-bond donors (Lipinski definition) is 1. The summed E-state index contributed by atoms with van der Waals surface area (Å²) >= 11 is 0. The summed E-state index contributed by atoms with van der Waals surface area (Å²) in [6.07, 6.45) is 2.08. The predicted octanol–water partition coefficient (Wildman–Crippen LogP) is 2.04. The topological polar surface area (TPSA) is 85.8 Å². The van der Waals surface area contributed by atoms with Crippen molar-refractivity contribution in [3.63, 3.8) is 0 Å². The number of nitrogens with zero attached hydrogens (tertiary/aromatic N) is 4. The quantitative estimate of drug-likeness (QED) is 0.871. The first kappa shape index (κ1) is 14.6. The van der Waals surface area contributed by atoms with E-state index in [-0.39, 0.29) is 12.0 Å². The molecule has 3 rings (SSSR count). The lowest BCUT2D eigenvalue weighted by molar-refractivity contribution is 0.0292. The van der Waals surface area contributed by atoms with Crippen molar-refractivity contribution in [2.75, 3.05) is 18.8 Å². The molecular formula is C15H21N5O2. The fourth-order valence-corrected chi connectivity index (χ4v) is 2.78. The van der Waals surface area contributed by atoms with Crippen LogP contribution in [0.4, 0.5) is 10.6 Å². The molecule has 3 heterocycles. The summed E-state index contributed by atoms with van der Waals surface area (Å²) in [5.74, 6) is 0.688. The Morgan fingerprint density at radius 1 is 1.41 bits per heavy atom. The molecular weight excluding hydrogens is 282 g/mol. The van der Waals surface area contributed by atoms with Crippen molar-refractivity contribution in [2.45, 2.75) is 38.7 Å². The van der Waals surface area contributed by atoms with E-state index in [1.165, 1.54) is 6.33 Å². The first-order valence-electron chi connectivity index (χ1n) is 7.41. The Morgan fingerprint density at radius 3 is 2.91 bits per heavy atom. The molecule has 1 aliphatic heterocycles. The predicted molar refractivity (Wildman–Crippen MR) is 82.6 cm³/mol. The number of hydrogen-bond acceptors (Lipinski definition) is 5. The maximum Gasteiger partial charge on any atom is 0.410 e. The number of nitrogen functional groups attached to an aromatic ring is 1. The number of ether oxygens (including phenoxy) is 1. The van der Waals surface area contributed by atoms with E-state index >= 15 is 0 Å². The Bertz CT molecular complexity index is 704. The number of carbonyl (C=O) groups is 1. The van der Waals surface area contributed by atoms with Gasteiger partial charge in [0.15, 0.2) is 5.82 Å². The molecule has 1 fully saturated rings. The molecule has 1 saturated heterocycles. The number of nitrogens with two attached hydrogens (primary N) is 1. The third kappa shape index (κ3) is 2.70. The maximum atomic E-state index is 12.1. The van der Waals surface area contributed by atoms with E-state index in [1.54, 1.807) is 4.90 Å². The van der Waals surface area contributed by atoms with Crippen molar-refractivity contribution in [3.8, 4) is 0 Å². The van der Waals surface area contributed by atoms with E-state index < -0.39 is 5.60 Å². The zero-order chi connectivity index (χ0) is 15.9. The number of amides is 1. The Labute approximate surface area is 129 Å². The van der Waals surface area contributed by atoms with Crippen molar-refractivity contribution >= 4 is 17.4 Å². The second-order valence-electron chi connectivity index (χ2n) is 6.61. The normalized spacial score (nSPS) is 18.9. The number of aromatic nitrogens is 3. The zero-order valence-electron chi connectivity index (χ0n) is 13.1. The smallest absolute Gasteiger partial charge is 0.410 e. The van der Waals surface area contributed by atoms with Gasteiger partial charge in [-0.15, -0.1) is 0 Å². The third-order valence-electron chi connectivity index (χ3n) is 3.77. The van der Waals surface area contributed by atoms with Gasteiger partial charge in [0.2, 0.25) is 0 Å². The van der Waals surface area contributed by atoms with Crippen molar-refractivity contribution in [1.29, 1.82) is 0 Å². The van der Waals surface area contributed by atoms with Crippen LogP contribution in [0.5, 0.6) is 0 Å². The molecule has 1 unspecified atom stereocenters. The maximum absolute atomic E-state index is 12.1. The summed E-state index contributed by atoms with van der Waals surface area (Å²) in [5, 5.41) is 4.27. The SMILES string of the molecule is CC(C)(C)OC(=O)N1CCC(c2ccc3c(N)ncnn23)C1. The fourth-order valence-electron chi connectivity index (χ4n) is 2.78. The largest absolute Gasteiger partial charge is 0.444 e. The summed E-state index contributed by atoms with van der Waals surface area (Å²) in [6, 6.07) is 3.92. The summed E-state index contributed by atoms with van der Waals surface area (Å²) in [4.78, 5) is 17.9. The van der Waals surface area contributed by atoms with Crippen molar-refractivity contribution in [1.82, 2.24) is 19.5 Å². The minimum atomic E-state index is -0.474. The van der Waals surface area contributed by atoms with E-state index in [9.17, 15) is 4.79 Å². The van der Waals surface area contributed by atoms with Gasteiger partial charge in [-0.05, 0) is 39.3 Å². The standard InChI is InChI=1S/C15H21N5O2/c1-15(2,3)22-14(21)19-7-6-10(8-19)11-4-5-12-13(16)17-9-18-20(11)12/h4-5,9-10H,6-8H2,1-3H3,(H2,16,17,18). The lowest BCUT2D eigenvalue weighted by Crippen LogP contribution is -2.35. The van der Waals surface area contributed by atoms with Gasteiger partial charge < -0.3 is 15.4 Å². The van der Waals surface area contributed by atoms with Crippen molar-refractivity contribution in [2.24, 2.45) is 0 Å². The molecule has 1 aliphatic rings. The lowest BCUT2D eigenvalue weighted by Gasteiger charge is -2.24. The highest BCUT2D eigenvalue weighted by Gasteiger charge is 2.32. The van der Waals surface area contributed by atoms with Gasteiger partial charge in [-0.1, -0.05) is 0 Å². The van der Waals surface area contributed by atoms with Crippen LogP contribution in [-0.4, -0.2) is 44.3 Å². The molecule has 118 valence electrons. The molecule has 7 nitrogen and oxygen atoms in total. The fraction of sp³-hybridized carbons (Fsp3) is 0.533. The van der Waals surface area contributed by atoms with Crippen LogP contribution in [0.3, 0.4) is 0 Å².